The molecule has 2 aliphatic rings. The second-order valence-electron chi connectivity index (χ2n) is 9.89. The minimum atomic E-state index is -1.18. The zero-order valence-electron chi connectivity index (χ0n) is 19.3. The van der Waals surface area contributed by atoms with Gasteiger partial charge < -0.3 is 19.2 Å². The summed E-state index contributed by atoms with van der Waals surface area (Å²) < 4.78 is 21.9. The van der Waals surface area contributed by atoms with Crippen LogP contribution in [0.4, 0.5) is 4.39 Å². The molecule has 6 nitrogen and oxygen atoms in total. The SMILES string of the molecule is CC1CCCC(NC(=O)C2(C)Cn3c(cc4occc43)C(=O)N2Cc2ccccc2F)C1C. The highest BCUT2D eigenvalue weighted by Gasteiger charge is 2.49. The molecule has 1 N–H and O–H groups in total. The van der Waals surface area contributed by atoms with Gasteiger partial charge >= 0.3 is 0 Å². The standard InChI is InChI=1S/C26H30FN3O3/c1-16-7-6-10-20(17(16)2)28-25(32)26(3)15-29-21-11-12-33-23(21)13-22(29)24(31)30(26)14-18-8-4-5-9-19(18)27/h4-5,8-9,11-13,16-17,20H,6-7,10,14-15H2,1-3H3,(H,28,32). The van der Waals surface area contributed by atoms with Gasteiger partial charge in [-0.25, -0.2) is 4.39 Å². The minimum absolute atomic E-state index is 0.0125. The van der Waals surface area contributed by atoms with Crippen LogP contribution in [-0.4, -0.2) is 32.9 Å². The van der Waals surface area contributed by atoms with Crippen LogP contribution in [0.5, 0.6) is 0 Å². The summed E-state index contributed by atoms with van der Waals surface area (Å²) in [6.07, 6.45) is 4.74. The zero-order chi connectivity index (χ0) is 23.3. The molecule has 7 heteroatoms. The number of nitrogens with one attached hydrogen (secondary N) is 1. The normalized spacial score (nSPS) is 27.6. The number of fused-ring (bicyclic) bond motifs is 3. The highest BCUT2D eigenvalue weighted by molar-refractivity contribution is 6.02. The third kappa shape index (κ3) is 3.54. The monoisotopic (exact) mass is 451 g/mol. The molecular weight excluding hydrogens is 421 g/mol. The summed E-state index contributed by atoms with van der Waals surface area (Å²) in [5.74, 6) is -0.0143. The third-order valence-electron chi connectivity index (χ3n) is 7.85. The molecule has 2 aromatic heterocycles. The zero-order valence-corrected chi connectivity index (χ0v) is 19.3. The number of aromatic nitrogens is 1. The molecule has 1 fully saturated rings. The Hall–Kier alpha value is -3.09. The minimum Gasteiger partial charge on any atom is -0.463 e. The van der Waals surface area contributed by atoms with E-state index in [4.69, 9.17) is 4.42 Å². The maximum Gasteiger partial charge on any atom is 0.271 e. The fourth-order valence-corrected chi connectivity index (χ4v) is 5.43. The fourth-order valence-electron chi connectivity index (χ4n) is 5.43. The first-order valence-electron chi connectivity index (χ1n) is 11.7. The van der Waals surface area contributed by atoms with Crippen LogP contribution in [0.25, 0.3) is 11.1 Å². The molecule has 1 aliphatic carbocycles. The van der Waals surface area contributed by atoms with E-state index in [1.54, 1.807) is 37.5 Å². The number of furan rings is 1. The van der Waals surface area contributed by atoms with Crippen LogP contribution < -0.4 is 5.32 Å². The summed E-state index contributed by atoms with van der Waals surface area (Å²) in [7, 11) is 0. The van der Waals surface area contributed by atoms with Crippen molar-refractivity contribution in [2.45, 2.75) is 64.7 Å². The number of hydrogen-bond donors (Lipinski definition) is 1. The summed E-state index contributed by atoms with van der Waals surface area (Å²) in [6, 6.07) is 9.96. The Morgan fingerprint density at radius 1 is 1.24 bits per heavy atom. The van der Waals surface area contributed by atoms with Gasteiger partial charge in [-0.1, -0.05) is 44.9 Å². The highest BCUT2D eigenvalue weighted by Crippen LogP contribution is 2.35. The van der Waals surface area contributed by atoms with Gasteiger partial charge in [-0.05, 0) is 31.2 Å². The number of rotatable bonds is 4. The number of halogens is 1. The molecule has 4 atom stereocenters. The van der Waals surface area contributed by atoms with Crippen molar-refractivity contribution in [1.82, 2.24) is 14.8 Å². The quantitative estimate of drug-likeness (QED) is 0.624. The Labute approximate surface area is 192 Å². The van der Waals surface area contributed by atoms with Crippen molar-refractivity contribution in [2.75, 3.05) is 0 Å². The smallest absolute Gasteiger partial charge is 0.271 e. The maximum absolute atomic E-state index is 14.5. The Balaban J connectivity index is 1.54. The van der Waals surface area contributed by atoms with Crippen LogP contribution in [0, 0.1) is 17.7 Å². The van der Waals surface area contributed by atoms with Crippen LogP contribution in [0.15, 0.2) is 47.1 Å². The van der Waals surface area contributed by atoms with Gasteiger partial charge in [-0.15, -0.1) is 0 Å². The lowest BCUT2D eigenvalue weighted by molar-refractivity contribution is -0.134. The molecule has 0 spiro atoms. The molecule has 0 bridgehead atoms. The summed E-state index contributed by atoms with van der Waals surface area (Å²) in [6.45, 7) is 6.47. The summed E-state index contributed by atoms with van der Waals surface area (Å²) >= 11 is 0. The van der Waals surface area contributed by atoms with E-state index in [1.165, 1.54) is 11.0 Å². The number of nitrogens with zero attached hydrogens (tertiary/aromatic N) is 2. The van der Waals surface area contributed by atoms with Crippen molar-refractivity contribution in [3.05, 3.63) is 59.7 Å². The maximum atomic E-state index is 14.5. The molecule has 0 radical (unpaired) electrons. The van der Waals surface area contributed by atoms with E-state index in [9.17, 15) is 14.0 Å². The number of carbonyl (C=O) groups excluding carboxylic acids is 2. The molecule has 33 heavy (non-hydrogen) atoms. The van der Waals surface area contributed by atoms with Gasteiger partial charge in [0.15, 0.2) is 5.58 Å². The molecule has 3 aromatic rings. The lowest BCUT2D eigenvalue weighted by atomic mass is 9.77. The van der Waals surface area contributed by atoms with Crippen LogP contribution in [-0.2, 0) is 17.9 Å². The van der Waals surface area contributed by atoms with Gasteiger partial charge in [0.2, 0.25) is 5.91 Å². The van der Waals surface area contributed by atoms with Gasteiger partial charge in [0.05, 0.1) is 24.9 Å². The molecule has 5 rings (SSSR count). The lowest BCUT2D eigenvalue weighted by Gasteiger charge is -2.45. The van der Waals surface area contributed by atoms with Gasteiger partial charge in [0, 0.05) is 23.7 Å². The summed E-state index contributed by atoms with van der Waals surface area (Å²) in [5, 5.41) is 3.26. The van der Waals surface area contributed by atoms with Gasteiger partial charge in [-0.3, -0.25) is 9.59 Å². The van der Waals surface area contributed by atoms with Crippen LogP contribution in [0.2, 0.25) is 0 Å². The second kappa shape index (κ2) is 8.04. The van der Waals surface area contributed by atoms with Gasteiger partial charge in [0.1, 0.15) is 17.1 Å². The molecule has 174 valence electrons. The Morgan fingerprint density at radius 2 is 2.03 bits per heavy atom. The van der Waals surface area contributed by atoms with E-state index in [-0.39, 0.29) is 30.9 Å². The molecule has 0 saturated heterocycles. The third-order valence-corrected chi connectivity index (χ3v) is 7.85. The van der Waals surface area contributed by atoms with E-state index in [0.29, 0.717) is 28.7 Å². The first-order chi connectivity index (χ1) is 15.8. The topological polar surface area (TPSA) is 67.5 Å². The number of amides is 2. The average Bonchev–Trinajstić information content (AvgIpc) is 3.38. The van der Waals surface area contributed by atoms with E-state index in [2.05, 4.69) is 19.2 Å². The summed E-state index contributed by atoms with van der Waals surface area (Å²) in [5.41, 5.74) is 1.03. The lowest BCUT2D eigenvalue weighted by Crippen LogP contribution is -2.65. The molecule has 1 aromatic carbocycles. The van der Waals surface area contributed by atoms with Crippen molar-refractivity contribution >= 4 is 22.9 Å². The van der Waals surface area contributed by atoms with Crippen molar-refractivity contribution in [2.24, 2.45) is 11.8 Å². The molecule has 2 amide bonds. The Kier molecular flexibility index (Phi) is 5.30. The molecule has 1 aliphatic heterocycles. The van der Waals surface area contributed by atoms with Crippen molar-refractivity contribution in [3.63, 3.8) is 0 Å². The van der Waals surface area contributed by atoms with E-state index >= 15 is 0 Å². The predicted molar refractivity (Wildman–Crippen MR) is 123 cm³/mol. The average molecular weight is 452 g/mol. The van der Waals surface area contributed by atoms with E-state index in [0.717, 1.165) is 24.8 Å². The Bertz CT molecular complexity index is 1210. The first-order valence-corrected chi connectivity index (χ1v) is 11.7. The van der Waals surface area contributed by atoms with Crippen LogP contribution in [0.3, 0.4) is 0 Å². The van der Waals surface area contributed by atoms with E-state index in [1.807, 2.05) is 10.6 Å². The molecule has 3 heterocycles. The van der Waals surface area contributed by atoms with E-state index < -0.39 is 11.4 Å². The van der Waals surface area contributed by atoms with Crippen molar-refractivity contribution < 1.29 is 18.4 Å². The van der Waals surface area contributed by atoms with Gasteiger partial charge in [0.25, 0.3) is 5.91 Å². The molecular formula is C26H30FN3O3. The number of benzene rings is 1. The molecule has 1 saturated carbocycles. The highest BCUT2D eigenvalue weighted by atomic mass is 19.1. The summed E-state index contributed by atoms with van der Waals surface area (Å²) in [4.78, 5) is 29.1. The predicted octanol–water partition coefficient (Wildman–Crippen LogP) is 4.73. The van der Waals surface area contributed by atoms with Gasteiger partial charge in [-0.2, -0.15) is 0 Å². The number of hydrogen-bond acceptors (Lipinski definition) is 3. The second-order valence-corrected chi connectivity index (χ2v) is 9.89. The Morgan fingerprint density at radius 3 is 2.82 bits per heavy atom. The van der Waals surface area contributed by atoms with Crippen molar-refractivity contribution in [3.8, 4) is 0 Å². The first kappa shape index (κ1) is 21.7. The number of carbonyl (C=O) groups is 2. The molecule has 4 unspecified atom stereocenters. The fraction of sp³-hybridized carbons (Fsp3) is 0.462. The van der Waals surface area contributed by atoms with Crippen LogP contribution >= 0.6 is 0 Å². The van der Waals surface area contributed by atoms with Crippen molar-refractivity contribution in [1.29, 1.82) is 0 Å². The van der Waals surface area contributed by atoms with Crippen LogP contribution in [0.1, 0.15) is 56.1 Å². The largest absolute Gasteiger partial charge is 0.463 e.